The SMILES string of the molecule is Cc1cc(C[C@@H](C)NC(=O)CCc2ccc3c(c2)OCO3)n[nH]1. The zero-order valence-corrected chi connectivity index (χ0v) is 13.4. The molecule has 1 aromatic carbocycles. The van der Waals surface area contributed by atoms with Crippen molar-refractivity contribution in [3.8, 4) is 11.5 Å². The van der Waals surface area contributed by atoms with Crippen LogP contribution in [0.15, 0.2) is 24.3 Å². The number of aryl methyl sites for hydroxylation is 2. The number of benzene rings is 1. The number of rotatable bonds is 6. The summed E-state index contributed by atoms with van der Waals surface area (Å²) in [7, 11) is 0. The minimum absolute atomic E-state index is 0.0439. The second kappa shape index (κ2) is 6.73. The summed E-state index contributed by atoms with van der Waals surface area (Å²) in [6, 6.07) is 7.84. The monoisotopic (exact) mass is 315 g/mol. The smallest absolute Gasteiger partial charge is 0.231 e. The number of nitrogens with one attached hydrogen (secondary N) is 2. The number of aromatic nitrogens is 2. The molecule has 0 aliphatic carbocycles. The van der Waals surface area contributed by atoms with Crippen LogP contribution in [0.5, 0.6) is 11.5 Å². The third-order valence-corrected chi connectivity index (χ3v) is 3.76. The van der Waals surface area contributed by atoms with Crippen LogP contribution in [-0.4, -0.2) is 28.9 Å². The highest BCUT2D eigenvalue weighted by molar-refractivity contribution is 5.76. The summed E-state index contributed by atoms with van der Waals surface area (Å²) in [5.74, 6) is 1.56. The van der Waals surface area contributed by atoms with Crippen molar-refractivity contribution in [2.45, 2.75) is 39.2 Å². The molecular formula is C17H21N3O3. The van der Waals surface area contributed by atoms with Crippen LogP contribution in [0, 0.1) is 6.92 Å². The summed E-state index contributed by atoms with van der Waals surface area (Å²) in [6.45, 7) is 4.22. The van der Waals surface area contributed by atoms with Crippen LogP contribution in [0.1, 0.15) is 30.3 Å². The molecule has 0 unspecified atom stereocenters. The van der Waals surface area contributed by atoms with Crippen molar-refractivity contribution in [1.82, 2.24) is 15.5 Å². The number of amides is 1. The van der Waals surface area contributed by atoms with E-state index in [1.165, 1.54) is 0 Å². The van der Waals surface area contributed by atoms with Gasteiger partial charge in [-0.3, -0.25) is 9.89 Å². The van der Waals surface area contributed by atoms with Crippen LogP contribution in [0.3, 0.4) is 0 Å². The van der Waals surface area contributed by atoms with E-state index in [-0.39, 0.29) is 18.7 Å². The molecular weight excluding hydrogens is 294 g/mol. The molecule has 1 aliphatic rings. The Balaban J connectivity index is 1.45. The molecule has 1 aliphatic heterocycles. The average Bonchev–Trinajstić information content (AvgIpc) is 3.13. The highest BCUT2D eigenvalue weighted by Gasteiger charge is 2.14. The van der Waals surface area contributed by atoms with Crippen molar-refractivity contribution in [2.24, 2.45) is 0 Å². The largest absolute Gasteiger partial charge is 0.454 e. The fourth-order valence-electron chi connectivity index (χ4n) is 2.65. The number of fused-ring (bicyclic) bond motifs is 1. The van der Waals surface area contributed by atoms with Gasteiger partial charge in [0.15, 0.2) is 11.5 Å². The number of ether oxygens (including phenoxy) is 2. The Labute approximate surface area is 135 Å². The molecule has 23 heavy (non-hydrogen) atoms. The van der Waals surface area contributed by atoms with Crippen LogP contribution in [0.2, 0.25) is 0 Å². The topological polar surface area (TPSA) is 76.2 Å². The number of carbonyl (C=O) groups is 1. The fraction of sp³-hybridized carbons (Fsp3) is 0.412. The fourth-order valence-corrected chi connectivity index (χ4v) is 2.65. The van der Waals surface area contributed by atoms with Crippen LogP contribution in [0.25, 0.3) is 0 Å². The Morgan fingerprint density at radius 2 is 2.17 bits per heavy atom. The molecule has 0 spiro atoms. The van der Waals surface area contributed by atoms with Crippen LogP contribution in [0.4, 0.5) is 0 Å². The Hall–Kier alpha value is -2.50. The molecule has 0 radical (unpaired) electrons. The highest BCUT2D eigenvalue weighted by Crippen LogP contribution is 2.32. The molecule has 2 heterocycles. The predicted octanol–water partition coefficient (Wildman–Crippen LogP) is 2.13. The molecule has 1 aromatic heterocycles. The van der Waals surface area contributed by atoms with Gasteiger partial charge in [-0.05, 0) is 44.0 Å². The van der Waals surface area contributed by atoms with Gasteiger partial charge in [0.25, 0.3) is 0 Å². The van der Waals surface area contributed by atoms with E-state index in [0.717, 1.165) is 34.9 Å². The Kier molecular flexibility index (Phi) is 4.50. The van der Waals surface area contributed by atoms with Crippen LogP contribution in [-0.2, 0) is 17.6 Å². The summed E-state index contributed by atoms with van der Waals surface area (Å²) in [5.41, 5.74) is 3.06. The van der Waals surface area contributed by atoms with Crippen molar-refractivity contribution in [1.29, 1.82) is 0 Å². The lowest BCUT2D eigenvalue weighted by atomic mass is 10.1. The lowest BCUT2D eigenvalue weighted by molar-refractivity contribution is -0.121. The van der Waals surface area contributed by atoms with E-state index >= 15 is 0 Å². The lowest BCUT2D eigenvalue weighted by Crippen LogP contribution is -2.34. The van der Waals surface area contributed by atoms with Gasteiger partial charge in [-0.2, -0.15) is 5.10 Å². The van der Waals surface area contributed by atoms with E-state index < -0.39 is 0 Å². The molecule has 1 atom stereocenters. The lowest BCUT2D eigenvalue weighted by Gasteiger charge is -2.12. The van der Waals surface area contributed by atoms with E-state index in [4.69, 9.17) is 9.47 Å². The second-order valence-electron chi connectivity index (χ2n) is 5.90. The molecule has 0 bridgehead atoms. The first-order valence-electron chi connectivity index (χ1n) is 7.79. The highest BCUT2D eigenvalue weighted by atomic mass is 16.7. The first-order chi connectivity index (χ1) is 11.1. The Morgan fingerprint density at radius 1 is 1.35 bits per heavy atom. The molecule has 6 heteroatoms. The zero-order valence-electron chi connectivity index (χ0n) is 13.4. The van der Waals surface area contributed by atoms with Gasteiger partial charge in [0.05, 0.1) is 5.69 Å². The van der Waals surface area contributed by atoms with Gasteiger partial charge >= 0.3 is 0 Å². The van der Waals surface area contributed by atoms with E-state index in [2.05, 4.69) is 15.5 Å². The van der Waals surface area contributed by atoms with Gasteiger partial charge in [0.2, 0.25) is 12.7 Å². The van der Waals surface area contributed by atoms with E-state index in [1.807, 2.05) is 38.1 Å². The van der Waals surface area contributed by atoms with Gasteiger partial charge in [0, 0.05) is 24.6 Å². The van der Waals surface area contributed by atoms with Crippen LogP contribution < -0.4 is 14.8 Å². The first-order valence-corrected chi connectivity index (χ1v) is 7.79. The number of H-pyrrole nitrogens is 1. The predicted molar refractivity (Wildman–Crippen MR) is 85.5 cm³/mol. The van der Waals surface area contributed by atoms with Crippen molar-refractivity contribution >= 4 is 5.91 Å². The van der Waals surface area contributed by atoms with E-state index in [9.17, 15) is 4.79 Å². The molecule has 0 saturated heterocycles. The standard InChI is InChI=1S/C17H21N3O3/c1-11(7-14-8-12(2)19-20-14)18-17(21)6-4-13-3-5-15-16(9-13)23-10-22-15/h3,5,8-9,11H,4,6-7,10H2,1-2H3,(H,18,21)(H,19,20)/t11-/m1/s1. The summed E-state index contributed by atoms with van der Waals surface area (Å²) in [6.07, 6.45) is 1.85. The molecule has 3 rings (SSSR count). The third-order valence-electron chi connectivity index (χ3n) is 3.76. The second-order valence-corrected chi connectivity index (χ2v) is 5.90. The van der Waals surface area contributed by atoms with Gasteiger partial charge in [0.1, 0.15) is 0 Å². The number of hydrogen-bond donors (Lipinski definition) is 2. The third kappa shape index (κ3) is 4.03. The van der Waals surface area contributed by atoms with Crippen molar-refractivity contribution < 1.29 is 14.3 Å². The van der Waals surface area contributed by atoms with Crippen LogP contribution >= 0.6 is 0 Å². The maximum absolute atomic E-state index is 12.1. The van der Waals surface area contributed by atoms with Gasteiger partial charge in [-0.1, -0.05) is 6.07 Å². The summed E-state index contributed by atoms with van der Waals surface area (Å²) in [4.78, 5) is 12.1. The molecule has 1 amide bonds. The number of aromatic amines is 1. The van der Waals surface area contributed by atoms with Gasteiger partial charge in [-0.25, -0.2) is 0 Å². The molecule has 6 nitrogen and oxygen atoms in total. The van der Waals surface area contributed by atoms with Gasteiger partial charge in [-0.15, -0.1) is 0 Å². The summed E-state index contributed by atoms with van der Waals surface area (Å²) in [5, 5.41) is 10.1. The molecule has 2 aromatic rings. The minimum Gasteiger partial charge on any atom is -0.454 e. The van der Waals surface area contributed by atoms with Crippen molar-refractivity contribution in [3.63, 3.8) is 0 Å². The molecule has 122 valence electrons. The number of nitrogens with zero attached hydrogens (tertiary/aromatic N) is 1. The van der Waals surface area contributed by atoms with E-state index in [0.29, 0.717) is 12.8 Å². The minimum atomic E-state index is 0.0439. The maximum Gasteiger partial charge on any atom is 0.231 e. The number of hydrogen-bond acceptors (Lipinski definition) is 4. The Morgan fingerprint density at radius 3 is 2.96 bits per heavy atom. The van der Waals surface area contributed by atoms with Crippen molar-refractivity contribution in [2.75, 3.05) is 6.79 Å². The maximum atomic E-state index is 12.1. The normalized spacial score (nSPS) is 13.8. The summed E-state index contributed by atoms with van der Waals surface area (Å²) < 4.78 is 10.6. The molecule has 0 fully saturated rings. The molecule has 2 N–H and O–H groups in total. The van der Waals surface area contributed by atoms with E-state index in [1.54, 1.807) is 0 Å². The number of carbonyl (C=O) groups excluding carboxylic acids is 1. The summed E-state index contributed by atoms with van der Waals surface area (Å²) >= 11 is 0. The quantitative estimate of drug-likeness (QED) is 0.856. The molecule has 0 saturated carbocycles. The average molecular weight is 315 g/mol. The van der Waals surface area contributed by atoms with Gasteiger partial charge < -0.3 is 14.8 Å². The Bertz CT molecular complexity index is 696. The van der Waals surface area contributed by atoms with Crippen molar-refractivity contribution in [3.05, 3.63) is 41.2 Å². The first kappa shape index (κ1) is 15.4. The zero-order chi connectivity index (χ0) is 16.2.